The molecule has 0 spiro atoms. The molecule has 1 saturated heterocycles. The van der Waals surface area contributed by atoms with Crippen LogP contribution in [0.5, 0.6) is 0 Å². The Kier molecular flexibility index (Phi) is 3.74. The minimum absolute atomic E-state index is 0.0460. The Hall–Kier alpha value is -1.42. The molecule has 1 aromatic carbocycles. The molecule has 1 aliphatic heterocycles. The average Bonchev–Trinajstić information content (AvgIpc) is 2.33. The smallest absolute Gasteiger partial charge is 0.227 e. The number of rotatable bonds is 2. The number of benzene rings is 1. The molecule has 1 amide bonds. The zero-order valence-corrected chi connectivity index (χ0v) is 9.95. The SMILES string of the molecule is CN1CCC(C(=O)Nc2ccc(F)cc2)CC1. The van der Waals surface area contributed by atoms with Crippen molar-refractivity contribution in [3.8, 4) is 0 Å². The summed E-state index contributed by atoms with van der Waals surface area (Å²) in [5.74, 6) is -0.164. The summed E-state index contributed by atoms with van der Waals surface area (Å²) < 4.78 is 12.7. The van der Waals surface area contributed by atoms with Gasteiger partial charge in [-0.15, -0.1) is 0 Å². The third kappa shape index (κ3) is 3.27. The molecule has 3 nitrogen and oxygen atoms in total. The summed E-state index contributed by atoms with van der Waals surface area (Å²) in [5.41, 5.74) is 0.662. The minimum Gasteiger partial charge on any atom is -0.326 e. The van der Waals surface area contributed by atoms with Gasteiger partial charge >= 0.3 is 0 Å². The predicted molar refractivity (Wildman–Crippen MR) is 65.3 cm³/mol. The second-order valence-corrected chi connectivity index (χ2v) is 4.57. The van der Waals surface area contributed by atoms with E-state index in [2.05, 4.69) is 17.3 Å². The van der Waals surface area contributed by atoms with Crippen molar-refractivity contribution in [3.05, 3.63) is 30.1 Å². The number of likely N-dealkylation sites (tertiary alicyclic amines) is 1. The van der Waals surface area contributed by atoms with Crippen molar-refractivity contribution in [3.63, 3.8) is 0 Å². The van der Waals surface area contributed by atoms with E-state index < -0.39 is 0 Å². The summed E-state index contributed by atoms with van der Waals surface area (Å²) in [4.78, 5) is 14.2. The van der Waals surface area contributed by atoms with Crippen LogP contribution in [0.25, 0.3) is 0 Å². The topological polar surface area (TPSA) is 32.3 Å². The van der Waals surface area contributed by atoms with Gasteiger partial charge in [0.25, 0.3) is 0 Å². The van der Waals surface area contributed by atoms with Crippen LogP contribution in [0.2, 0.25) is 0 Å². The van der Waals surface area contributed by atoms with Crippen LogP contribution >= 0.6 is 0 Å². The maximum atomic E-state index is 12.7. The van der Waals surface area contributed by atoms with Crippen molar-refractivity contribution >= 4 is 11.6 Å². The second kappa shape index (κ2) is 5.27. The lowest BCUT2D eigenvalue weighted by Crippen LogP contribution is -2.35. The van der Waals surface area contributed by atoms with E-state index in [4.69, 9.17) is 0 Å². The van der Waals surface area contributed by atoms with Crippen LogP contribution in [-0.4, -0.2) is 30.9 Å². The highest BCUT2D eigenvalue weighted by atomic mass is 19.1. The lowest BCUT2D eigenvalue weighted by atomic mass is 9.96. The fourth-order valence-electron chi connectivity index (χ4n) is 2.05. The van der Waals surface area contributed by atoms with E-state index in [-0.39, 0.29) is 17.6 Å². The third-order valence-corrected chi connectivity index (χ3v) is 3.20. The zero-order chi connectivity index (χ0) is 12.3. The van der Waals surface area contributed by atoms with Gasteiger partial charge in [0.2, 0.25) is 5.91 Å². The van der Waals surface area contributed by atoms with Gasteiger partial charge in [-0.3, -0.25) is 4.79 Å². The van der Waals surface area contributed by atoms with E-state index in [1.165, 1.54) is 12.1 Å². The largest absolute Gasteiger partial charge is 0.326 e. The summed E-state index contributed by atoms with van der Waals surface area (Å²) in [6.45, 7) is 1.92. The molecule has 1 fully saturated rings. The number of nitrogens with one attached hydrogen (secondary N) is 1. The van der Waals surface area contributed by atoms with E-state index in [1.807, 2.05) is 0 Å². The van der Waals surface area contributed by atoms with Gasteiger partial charge < -0.3 is 10.2 Å². The Morgan fingerprint density at radius 1 is 1.29 bits per heavy atom. The van der Waals surface area contributed by atoms with Gasteiger partial charge in [0.05, 0.1) is 0 Å². The molecule has 0 radical (unpaired) electrons. The molecular formula is C13H17FN2O. The van der Waals surface area contributed by atoms with Crippen LogP contribution < -0.4 is 5.32 Å². The molecule has 1 aliphatic rings. The minimum atomic E-state index is -0.290. The van der Waals surface area contributed by atoms with Crippen LogP contribution in [0.15, 0.2) is 24.3 Å². The monoisotopic (exact) mass is 236 g/mol. The summed E-state index contributed by atoms with van der Waals surface area (Å²) in [7, 11) is 2.06. The van der Waals surface area contributed by atoms with Gasteiger partial charge in [-0.2, -0.15) is 0 Å². The standard InChI is InChI=1S/C13H17FN2O/c1-16-8-6-10(7-9-16)13(17)15-12-4-2-11(14)3-5-12/h2-5,10H,6-9H2,1H3,(H,15,17). The number of hydrogen-bond acceptors (Lipinski definition) is 2. The first-order valence-corrected chi connectivity index (χ1v) is 5.90. The van der Waals surface area contributed by atoms with Crippen LogP contribution in [-0.2, 0) is 4.79 Å². The van der Waals surface area contributed by atoms with Crippen molar-refractivity contribution in [2.45, 2.75) is 12.8 Å². The van der Waals surface area contributed by atoms with E-state index >= 15 is 0 Å². The molecule has 1 aromatic rings. The molecule has 1 N–H and O–H groups in total. The Balaban J connectivity index is 1.90. The molecule has 0 saturated carbocycles. The second-order valence-electron chi connectivity index (χ2n) is 4.57. The van der Waals surface area contributed by atoms with Crippen molar-refractivity contribution in [2.75, 3.05) is 25.5 Å². The summed E-state index contributed by atoms with van der Waals surface area (Å²) in [6, 6.07) is 5.87. The molecule has 0 bridgehead atoms. The van der Waals surface area contributed by atoms with Gasteiger partial charge in [0.15, 0.2) is 0 Å². The number of carbonyl (C=O) groups excluding carboxylic acids is 1. The maximum absolute atomic E-state index is 12.7. The van der Waals surface area contributed by atoms with Gasteiger partial charge in [0, 0.05) is 11.6 Å². The highest BCUT2D eigenvalue weighted by Crippen LogP contribution is 2.18. The van der Waals surface area contributed by atoms with Gasteiger partial charge in [0.1, 0.15) is 5.82 Å². The fourth-order valence-corrected chi connectivity index (χ4v) is 2.05. The molecule has 0 aliphatic carbocycles. The fraction of sp³-hybridized carbons (Fsp3) is 0.462. The third-order valence-electron chi connectivity index (χ3n) is 3.20. The normalized spacial score (nSPS) is 18.0. The van der Waals surface area contributed by atoms with Crippen LogP contribution in [0.4, 0.5) is 10.1 Å². The highest BCUT2D eigenvalue weighted by molar-refractivity contribution is 5.92. The molecule has 92 valence electrons. The Morgan fingerprint density at radius 2 is 1.88 bits per heavy atom. The van der Waals surface area contributed by atoms with Crippen molar-refractivity contribution < 1.29 is 9.18 Å². The van der Waals surface area contributed by atoms with E-state index in [0.29, 0.717) is 5.69 Å². The Morgan fingerprint density at radius 3 is 2.47 bits per heavy atom. The number of halogens is 1. The average molecular weight is 236 g/mol. The van der Waals surface area contributed by atoms with Crippen molar-refractivity contribution in [1.29, 1.82) is 0 Å². The molecule has 0 aromatic heterocycles. The molecule has 0 atom stereocenters. The summed E-state index contributed by atoms with van der Waals surface area (Å²) in [5, 5.41) is 2.83. The first kappa shape index (κ1) is 12.0. The van der Waals surface area contributed by atoms with Crippen LogP contribution in [0.3, 0.4) is 0 Å². The molecule has 1 heterocycles. The summed E-state index contributed by atoms with van der Waals surface area (Å²) in [6.07, 6.45) is 1.78. The van der Waals surface area contributed by atoms with Crippen molar-refractivity contribution in [2.24, 2.45) is 5.92 Å². The number of nitrogens with zero attached hydrogens (tertiary/aromatic N) is 1. The highest BCUT2D eigenvalue weighted by Gasteiger charge is 2.23. The summed E-state index contributed by atoms with van der Waals surface area (Å²) >= 11 is 0. The number of amides is 1. The van der Waals surface area contributed by atoms with Crippen LogP contribution in [0, 0.1) is 11.7 Å². The number of piperidine rings is 1. The van der Waals surface area contributed by atoms with E-state index in [9.17, 15) is 9.18 Å². The van der Waals surface area contributed by atoms with E-state index in [0.717, 1.165) is 25.9 Å². The van der Waals surface area contributed by atoms with Crippen molar-refractivity contribution in [1.82, 2.24) is 4.90 Å². The number of anilines is 1. The first-order valence-electron chi connectivity index (χ1n) is 5.90. The maximum Gasteiger partial charge on any atom is 0.227 e. The number of hydrogen-bond donors (Lipinski definition) is 1. The zero-order valence-electron chi connectivity index (χ0n) is 9.95. The lowest BCUT2D eigenvalue weighted by Gasteiger charge is -2.28. The van der Waals surface area contributed by atoms with Gasteiger partial charge in [-0.1, -0.05) is 0 Å². The first-order chi connectivity index (χ1) is 8.15. The molecule has 4 heteroatoms. The Bertz CT molecular complexity index is 383. The van der Waals surface area contributed by atoms with Crippen LogP contribution in [0.1, 0.15) is 12.8 Å². The molecule has 17 heavy (non-hydrogen) atoms. The Labute approximate surface area is 101 Å². The molecule has 0 unspecified atom stereocenters. The quantitative estimate of drug-likeness (QED) is 0.853. The lowest BCUT2D eigenvalue weighted by molar-refractivity contribution is -0.121. The van der Waals surface area contributed by atoms with Gasteiger partial charge in [-0.05, 0) is 57.2 Å². The van der Waals surface area contributed by atoms with E-state index in [1.54, 1.807) is 12.1 Å². The van der Waals surface area contributed by atoms with Gasteiger partial charge in [-0.25, -0.2) is 4.39 Å². The number of carbonyl (C=O) groups is 1. The predicted octanol–water partition coefficient (Wildman–Crippen LogP) is 2.11. The molecular weight excluding hydrogens is 219 g/mol. The molecule has 2 rings (SSSR count).